The molecule has 0 atom stereocenters. The topological polar surface area (TPSA) is 0 Å². The highest BCUT2D eigenvalue weighted by atomic mass is 14.1. The van der Waals surface area contributed by atoms with E-state index in [1.807, 2.05) is 0 Å². The Kier molecular flexibility index (Phi) is 2.34. The summed E-state index contributed by atoms with van der Waals surface area (Å²) >= 11 is 0. The van der Waals surface area contributed by atoms with Crippen molar-refractivity contribution in [3.8, 4) is 0 Å². The first-order valence-electron chi connectivity index (χ1n) is 2.73. The van der Waals surface area contributed by atoms with Crippen LogP contribution in [0.3, 0.4) is 0 Å². The summed E-state index contributed by atoms with van der Waals surface area (Å²) in [6, 6.07) is 0. The molecule has 0 saturated carbocycles. The molecule has 7 heavy (non-hydrogen) atoms. The largest absolute Gasteiger partial charge is 0.0617 e. The van der Waals surface area contributed by atoms with Crippen LogP contribution < -0.4 is 0 Å². The fourth-order valence-electron chi connectivity index (χ4n) is 0.167. The van der Waals surface area contributed by atoms with E-state index in [0.717, 1.165) is 0 Å². The van der Waals surface area contributed by atoms with E-state index in [9.17, 15) is 0 Å². The lowest BCUT2D eigenvalue weighted by Gasteiger charge is -2.17. The third-order valence-corrected chi connectivity index (χ3v) is 1.49. The summed E-state index contributed by atoms with van der Waals surface area (Å²) in [7, 11) is 0. The van der Waals surface area contributed by atoms with Crippen molar-refractivity contribution >= 4 is 0 Å². The highest BCUT2D eigenvalue weighted by Gasteiger charge is 2.10. The zero-order chi connectivity index (χ0) is 5.91. The van der Waals surface area contributed by atoms with Crippen LogP contribution in [0.5, 0.6) is 0 Å². The molecule has 0 aromatic heterocycles. The molecular formula is C7H14. The van der Waals surface area contributed by atoms with Gasteiger partial charge in [-0.15, -0.1) is 0 Å². The number of hydrogen-bond acceptors (Lipinski definition) is 0. The van der Waals surface area contributed by atoms with Gasteiger partial charge in [0.2, 0.25) is 0 Å². The molecule has 0 rings (SSSR count). The molecule has 0 spiro atoms. The third kappa shape index (κ3) is 2.67. The average molecular weight is 98.2 g/mol. The van der Waals surface area contributed by atoms with Crippen LogP contribution in [0.25, 0.3) is 0 Å². The Balaban J connectivity index is 3.36. The molecule has 0 nitrogen and oxygen atoms in total. The molecule has 0 aliphatic rings. The van der Waals surface area contributed by atoms with Crippen LogP contribution in [0.4, 0.5) is 0 Å². The average Bonchev–Trinajstić information content (AvgIpc) is 1.68. The van der Waals surface area contributed by atoms with E-state index in [2.05, 4.69) is 40.5 Å². The highest BCUT2D eigenvalue weighted by Crippen LogP contribution is 2.20. The molecule has 0 unspecified atom stereocenters. The van der Waals surface area contributed by atoms with Gasteiger partial charge in [0.05, 0.1) is 0 Å². The Morgan fingerprint density at radius 1 is 1.00 bits per heavy atom. The summed E-state index contributed by atoms with van der Waals surface area (Å²) in [5, 5.41) is 0. The van der Waals surface area contributed by atoms with E-state index < -0.39 is 0 Å². The molecule has 0 aromatic carbocycles. The SMILES string of the molecule is C[CH]C(C)(C)[CH]C. The van der Waals surface area contributed by atoms with Gasteiger partial charge in [-0.25, -0.2) is 0 Å². The molecule has 0 heteroatoms. The maximum atomic E-state index is 2.19. The van der Waals surface area contributed by atoms with Crippen LogP contribution in [0, 0.1) is 18.3 Å². The molecule has 0 heterocycles. The predicted octanol–water partition coefficient (Wildman–Crippen LogP) is 2.46. The smallest absolute Gasteiger partial charge is 0.0297 e. The molecule has 42 valence electrons. The lowest BCUT2D eigenvalue weighted by molar-refractivity contribution is 0.523. The molecule has 0 aromatic rings. The summed E-state index contributed by atoms with van der Waals surface area (Å²) < 4.78 is 0. The summed E-state index contributed by atoms with van der Waals surface area (Å²) in [5.41, 5.74) is 0.333. The van der Waals surface area contributed by atoms with Gasteiger partial charge in [-0.1, -0.05) is 27.7 Å². The fraction of sp³-hybridized carbons (Fsp3) is 0.714. The van der Waals surface area contributed by atoms with E-state index in [-0.39, 0.29) is 0 Å². The molecule has 0 N–H and O–H groups in total. The van der Waals surface area contributed by atoms with Crippen molar-refractivity contribution in [1.29, 1.82) is 0 Å². The Morgan fingerprint density at radius 3 is 1.29 bits per heavy atom. The maximum Gasteiger partial charge on any atom is -0.0297 e. The van der Waals surface area contributed by atoms with Crippen molar-refractivity contribution in [3.05, 3.63) is 12.8 Å². The second-order valence-electron chi connectivity index (χ2n) is 2.40. The third-order valence-electron chi connectivity index (χ3n) is 1.49. The van der Waals surface area contributed by atoms with Gasteiger partial charge in [-0.2, -0.15) is 0 Å². The summed E-state index contributed by atoms with van der Waals surface area (Å²) in [6.07, 6.45) is 4.38. The van der Waals surface area contributed by atoms with Crippen molar-refractivity contribution in [3.63, 3.8) is 0 Å². The van der Waals surface area contributed by atoms with E-state index in [4.69, 9.17) is 0 Å². The minimum Gasteiger partial charge on any atom is -0.0617 e. The molecule has 0 fully saturated rings. The molecular weight excluding hydrogens is 84.1 g/mol. The fourth-order valence-corrected chi connectivity index (χ4v) is 0.167. The van der Waals surface area contributed by atoms with Gasteiger partial charge in [-0.05, 0) is 18.3 Å². The van der Waals surface area contributed by atoms with E-state index >= 15 is 0 Å². The molecule has 0 saturated heterocycles. The van der Waals surface area contributed by atoms with Gasteiger partial charge < -0.3 is 0 Å². The lowest BCUT2D eigenvalue weighted by atomic mass is 9.88. The molecule has 0 aliphatic heterocycles. The normalized spacial score (nSPS) is 12.0. The van der Waals surface area contributed by atoms with E-state index in [0.29, 0.717) is 5.41 Å². The predicted molar refractivity (Wildman–Crippen MR) is 33.7 cm³/mol. The van der Waals surface area contributed by atoms with Crippen LogP contribution in [0.2, 0.25) is 0 Å². The van der Waals surface area contributed by atoms with Gasteiger partial charge in [0.15, 0.2) is 0 Å². The quantitative estimate of drug-likeness (QED) is 0.497. The summed E-state index contributed by atoms with van der Waals surface area (Å²) in [4.78, 5) is 0. The first kappa shape index (κ1) is 7.00. The Hall–Kier alpha value is 0. The van der Waals surface area contributed by atoms with Crippen LogP contribution in [-0.4, -0.2) is 0 Å². The molecule has 2 radical (unpaired) electrons. The monoisotopic (exact) mass is 98.1 g/mol. The van der Waals surface area contributed by atoms with Gasteiger partial charge in [0.25, 0.3) is 0 Å². The molecule has 0 bridgehead atoms. The molecule has 0 aliphatic carbocycles. The Labute approximate surface area is 46.9 Å². The number of rotatable bonds is 2. The second kappa shape index (κ2) is 2.34. The van der Waals surface area contributed by atoms with Crippen molar-refractivity contribution in [1.82, 2.24) is 0 Å². The van der Waals surface area contributed by atoms with E-state index in [1.54, 1.807) is 0 Å². The number of hydrogen-bond donors (Lipinski definition) is 0. The van der Waals surface area contributed by atoms with Gasteiger partial charge >= 0.3 is 0 Å². The van der Waals surface area contributed by atoms with Crippen LogP contribution in [0.15, 0.2) is 0 Å². The first-order chi connectivity index (χ1) is 3.12. The summed E-state index contributed by atoms with van der Waals surface area (Å²) in [6.45, 7) is 8.54. The Bertz CT molecular complexity index is 38.0. The van der Waals surface area contributed by atoms with Crippen LogP contribution in [-0.2, 0) is 0 Å². The van der Waals surface area contributed by atoms with Crippen molar-refractivity contribution in [2.24, 2.45) is 5.41 Å². The lowest BCUT2D eigenvalue weighted by Crippen LogP contribution is -2.07. The molecule has 0 amide bonds. The minimum absolute atomic E-state index is 0.333. The van der Waals surface area contributed by atoms with Crippen LogP contribution >= 0.6 is 0 Å². The second-order valence-corrected chi connectivity index (χ2v) is 2.40. The van der Waals surface area contributed by atoms with Gasteiger partial charge in [-0.3, -0.25) is 0 Å². The standard InChI is InChI=1S/C7H14/c1-5-7(3,4)6-2/h5-6H,1-4H3. The zero-order valence-corrected chi connectivity index (χ0v) is 5.65. The summed E-state index contributed by atoms with van der Waals surface area (Å²) in [5.74, 6) is 0. The van der Waals surface area contributed by atoms with E-state index in [1.165, 1.54) is 0 Å². The maximum absolute atomic E-state index is 2.19. The van der Waals surface area contributed by atoms with Crippen LogP contribution in [0.1, 0.15) is 27.7 Å². The zero-order valence-electron chi connectivity index (χ0n) is 5.65. The minimum atomic E-state index is 0.333. The van der Waals surface area contributed by atoms with Crippen molar-refractivity contribution < 1.29 is 0 Å². The highest BCUT2D eigenvalue weighted by molar-refractivity contribution is 4.90. The van der Waals surface area contributed by atoms with Crippen molar-refractivity contribution in [2.75, 3.05) is 0 Å². The van der Waals surface area contributed by atoms with Crippen molar-refractivity contribution in [2.45, 2.75) is 27.7 Å². The first-order valence-corrected chi connectivity index (χ1v) is 2.73. The van der Waals surface area contributed by atoms with Gasteiger partial charge in [0, 0.05) is 0 Å². The van der Waals surface area contributed by atoms with Gasteiger partial charge in [0.1, 0.15) is 0 Å². The Morgan fingerprint density at radius 2 is 1.29 bits per heavy atom.